The molecule has 0 amide bonds. The summed E-state index contributed by atoms with van der Waals surface area (Å²) in [5, 5.41) is 9.50. The molecule has 0 heterocycles. The predicted octanol–water partition coefficient (Wildman–Crippen LogP) is 10.3. The van der Waals surface area contributed by atoms with E-state index in [-0.39, 0.29) is 25.2 Å². The second-order valence-corrected chi connectivity index (χ2v) is 12.4. The Morgan fingerprint density at radius 2 is 0.925 bits per heavy atom. The minimum absolute atomic E-state index is 0.0585. The zero-order chi connectivity index (χ0) is 29.5. The minimum atomic E-state index is -0.760. The largest absolute Gasteiger partial charge is 0.462 e. The Labute approximate surface area is 248 Å². The molecule has 5 nitrogen and oxygen atoms in total. The normalized spacial score (nSPS) is 12.1. The van der Waals surface area contributed by atoms with Gasteiger partial charge in [-0.2, -0.15) is 0 Å². The highest BCUT2D eigenvalue weighted by atomic mass is 16.6. The number of unbranched alkanes of at least 4 members (excludes halogenated alkanes) is 21. The topological polar surface area (TPSA) is 72.8 Å². The van der Waals surface area contributed by atoms with Crippen LogP contribution in [-0.4, -0.2) is 36.4 Å². The molecule has 1 atom stereocenters. The Morgan fingerprint density at radius 3 is 1.32 bits per heavy atom. The van der Waals surface area contributed by atoms with Crippen molar-refractivity contribution >= 4 is 11.9 Å². The van der Waals surface area contributed by atoms with Crippen molar-refractivity contribution < 1.29 is 24.2 Å². The highest BCUT2D eigenvalue weighted by molar-refractivity contribution is 5.70. The van der Waals surface area contributed by atoms with Gasteiger partial charge in [0, 0.05) is 12.8 Å². The molecule has 0 aromatic carbocycles. The number of rotatable bonds is 31. The number of esters is 2. The maximum Gasteiger partial charge on any atom is 0.306 e. The van der Waals surface area contributed by atoms with Crippen LogP contribution in [0.15, 0.2) is 0 Å². The fourth-order valence-electron chi connectivity index (χ4n) is 5.15. The summed E-state index contributed by atoms with van der Waals surface area (Å²) >= 11 is 0. The molecule has 0 aliphatic heterocycles. The van der Waals surface area contributed by atoms with E-state index in [0.717, 1.165) is 38.0 Å². The molecule has 0 aliphatic carbocycles. The van der Waals surface area contributed by atoms with Crippen LogP contribution < -0.4 is 0 Å². The minimum Gasteiger partial charge on any atom is -0.462 e. The molecule has 0 aromatic heterocycles. The van der Waals surface area contributed by atoms with Crippen molar-refractivity contribution in [3.05, 3.63) is 0 Å². The van der Waals surface area contributed by atoms with Crippen LogP contribution in [0.5, 0.6) is 0 Å². The van der Waals surface area contributed by atoms with Crippen LogP contribution in [0.2, 0.25) is 0 Å². The lowest BCUT2D eigenvalue weighted by Gasteiger charge is -2.15. The lowest BCUT2D eigenvalue weighted by Crippen LogP contribution is -2.28. The maximum atomic E-state index is 12.1. The molecule has 1 unspecified atom stereocenters. The molecule has 0 fully saturated rings. The van der Waals surface area contributed by atoms with Crippen LogP contribution in [0.4, 0.5) is 0 Å². The van der Waals surface area contributed by atoms with Gasteiger partial charge in [0.05, 0.1) is 6.61 Å². The van der Waals surface area contributed by atoms with Crippen molar-refractivity contribution in [1.29, 1.82) is 0 Å². The first kappa shape index (κ1) is 38.9. The second kappa shape index (κ2) is 30.8. The average Bonchev–Trinajstić information content (AvgIpc) is 2.93. The summed E-state index contributed by atoms with van der Waals surface area (Å²) in [5.74, 6) is 0.260. The first-order valence-corrected chi connectivity index (χ1v) is 17.5. The fraction of sp³-hybridized carbons (Fsp3) is 0.943. The van der Waals surface area contributed by atoms with E-state index in [1.807, 2.05) is 0 Å². The molecule has 0 spiro atoms. The van der Waals surface area contributed by atoms with Crippen LogP contribution in [0.1, 0.15) is 188 Å². The van der Waals surface area contributed by atoms with E-state index in [0.29, 0.717) is 12.8 Å². The molecule has 5 heteroatoms. The Kier molecular flexibility index (Phi) is 30.0. The van der Waals surface area contributed by atoms with Gasteiger partial charge in [-0.1, -0.05) is 162 Å². The van der Waals surface area contributed by atoms with Gasteiger partial charge in [0.2, 0.25) is 0 Å². The van der Waals surface area contributed by atoms with E-state index in [1.54, 1.807) is 0 Å². The van der Waals surface area contributed by atoms with E-state index in [9.17, 15) is 14.7 Å². The molecule has 0 saturated heterocycles. The second-order valence-electron chi connectivity index (χ2n) is 12.4. The molecule has 40 heavy (non-hydrogen) atoms. The molecule has 0 bridgehead atoms. The predicted molar refractivity (Wildman–Crippen MR) is 168 cm³/mol. The first-order valence-electron chi connectivity index (χ1n) is 17.5. The van der Waals surface area contributed by atoms with Crippen LogP contribution in [0, 0.1) is 5.92 Å². The van der Waals surface area contributed by atoms with E-state index < -0.39 is 6.10 Å². The fourth-order valence-corrected chi connectivity index (χ4v) is 5.15. The molecule has 0 radical (unpaired) electrons. The molecular formula is C35H68O5. The zero-order valence-corrected chi connectivity index (χ0v) is 27.0. The third kappa shape index (κ3) is 29.9. The Morgan fingerprint density at radius 1 is 0.550 bits per heavy atom. The molecule has 0 aromatic rings. The Balaban J connectivity index is 3.53. The SMILES string of the molecule is CCCCCCCCCCCCCC(=O)OC(CO)COC(=O)CCCCCCCCCCCCCCC(C)C. The van der Waals surface area contributed by atoms with Crippen molar-refractivity contribution in [3.8, 4) is 0 Å². The third-order valence-corrected chi connectivity index (χ3v) is 7.83. The standard InChI is InChI=1S/C35H68O5/c1-4-5-6-7-8-9-12-17-20-23-26-29-35(38)40-33(30-36)31-39-34(37)28-25-22-19-16-14-11-10-13-15-18-21-24-27-32(2)3/h32-33,36H,4-31H2,1-3H3. The zero-order valence-electron chi connectivity index (χ0n) is 27.0. The van der Waals surface area contributed by atoms with Gasteiger partial charge >= 0.3 is 11.9 Å². The smallest absolute Gasteiger partial charge is 0.306 e. The van der Waals surface area contributed by atoms with Crippen molar-refractivity contribution in [3.63, 3.8) is 0 Å². The quantitative estimate of drug-likeness (QED) is 0.0665. The summed E-state index contributed by atoms with van der Waals surface area (Å²) in [7, 11) is 0. The summed E-state index contributed by atoms with van der Waals surface area (Å²) < 4.78 is 10.6. The lowest BCUT2D eigenvalue weighted by molar-refractivity contribution is -0.161. The molecular weight excluding hydrogens is 500 g/mol. The van der Waals surface area contributed by atoms with Crippen LogP contribution in [0.3, 0.4) is 0 Å². The third-order valence-electron chi connectivity index (χ3n) is 7.83. The van der Waals surface area contributed by atoms with Crippen LogP contribution >= 0.6 is 0 Å². The number of ether oxygens (including phenoxy) is 2. The number of hydrogen-bond donors (Lipinski definition) is 1. The van der Waals surface area contributed by atoms with Gasteiger partial charge in [-0.25, -0.2) is 0 Å². The van der Waals surface area contributed by atoms with Crippen molar-refractivity contribution in [2.75, 3.05) is 13.2 Å². The van der Waals surface area contributed by atoms with Gasteiger partial charge < -0.3 is 14.6 Å². The number of hydrogen-bond acceptors (Lipinski definition) is 5. The Hall–Kier alpha value is -1.10. The summed E-state index contributed by atoms with van der Waals surface area (Å²) in [6.07, 6.45) is 30.1. The first-order chi connectivity index (χ1) is 19.5. The van der Waals surface area contributed by atoms with Crippen molar-refractivity contribution in [1.82, 2.24) is 0 Å². The molecule has 0 aliphatic rings. The van der Waals surface area contributed by atoms with Crippen LogP contribution in [-0.2, 0) is 19.1 Å². The van der Waals surface area contributed by atoms with Gasteiger partial charge in [-0.3, -0.25) is 9.59 Å². The summed E-state index contributed by atoms with van der Waals surface area (Å²) in [4.78, 5) is 24.1. The van der Waals surface area contributed by atoms with Gasteiger partial charge in [-0.15, -0.1) is 0 Å². The van der Waals surface area contributed by atoms with E-state index in [2.05, 4.69) is 20.8 Å². The number of aliphatic hydroxyl groups is 1. The van der Waals surface area contributed by atoms with Crippen LogP contribution in [0.25, 0.3) is 0 Å². The van der Waals surface area contributed by atoms with E-state index >= 15 is 0 Å². The van der Waals surface area contributed by atoms with E-state index in [4.69, 9.17) is 9.47 Å². The van der Waals surface area contributed by atoms with Gasteiger partial charge in [0.25, 0.3) is 0 Å². The average molecular weight is 569 g/mol. The molecule has 0 saturated carbocycles. The highest BCUT2D eigenvalue weighted by Gasteiger charge is 2.16. The highest BCUT2D eigenvalue weighted by Crippen LogP contribution is 2.15. The van der Waals surface area contributed by atoms with Crippen molar-refractivity contribution in [2.24, 2.45) is 5.92 Å². The number of aliphatic hydroxyl groups excluding tert-OH is 1. The van der Waals surface area contributed by atoms with Crippen molar-refractivity contribution in [2.45, 2.75) is 194 Å². The van der Waals surface area contributed by atoms with Gasteiger partial charge in [-0.05, 0) is 18.8 Å². The monoisotopic (exact) mass is 569 g/mol. The number of carbonyl (C=O) groups excluding carboxylic acids is 2. The summed E-state index contributed by atoms with van der Waals surface area (Å²) in [6, 6.07) is 0. The van der Waals surface area contributed by atoms with E-state index in [1.165, 1.54) is 122 Å². The lowest BCUT2D eigenvalue weighted by atomic mass is 10.0. The molecule has 238 valence electrons. The summed E-state index contributed by atoms with van der Waals surface area (Å²) in [6.45, 7) is 6.48. The molecule has 0 rings (SSSR count). The van der Waals surface area contributed by atoms with Gasteiger partial charge in [0.1, 0.15) is 6.61 Å². The summed E-state index contributed by atoms with van der Waals surface area (Å²) in [5.41, 5.74) is 0. The van der Waals surface area contributed by atoms with Gasteiger partial charge in [0.15, 0.2) is 6.10 Å². The maximum absolute atomic E-state index is 12.1. The molecule has 1 N–H and O–H groups in total. The number of carbonyl (C=O) groups is 2. The Bertz CT molecular complexity index is 548.